The summed E-state index contributed by atoms with van der Waals surface area (Å²) in [4.78, 5) is 9.86. The summed E-state index contributed by atoms with van der Waals surface area (Å²) in [5.74, 6) is 0.532. The number of nitrogens with zero attached hydrogens (tertiary/aromatic N) is 2. The Morgan fingerprint density at radius 3 is 2.82 bits per heavy atom. The minimum Gasteiger partial charge on any atom is -0.389 e. The molecule has 22 heavy (non-hydrogen) atoms. The van der Waals surface area contributed by atoms with Crippen molar-refractivity contribution in [1.82, 2.24) is 9.97 Å². The molecule has 0 fully saturated rings. The Labute approximate surface area is 141 Å². The van der Waals surface area contributed by atoms with Crippen molar-refractivity contribution in [1.29, 1.82) is 0 Å². The summed E-state index contributed by atoms with van der Waals surface area (Å²) in [5.41, 5.74) is 2.58. The second kappa shape index (κ2) is 6.56. The van der Waals surface area contributed by atoms with E-state index >= 15 is 0 Å². The highest BCUT2D eigenvalue weighted by Crippen LogP contribution is 2.30. The predicted molar refractivity (Wildman–Crippen MR) is 93.4 cm³/mol. The van der Waals surface area contributed by atoms with E-state index in [9.17, 15) is 5.11 Å². The summed E-state index contributed by atoms with van der Waals surface area (Å²) in [7, 11) is 0. The Kier molecular flexibility index (Phi) is 4.52. The van der Waals surface area contributed by atoms with Crippen LogP contribution in [0.25, 0.3) is 10.6 Å². The molecule has 1 atom stereocenters. The summed E-state index contributed by atoms with van der Waals surface area (Å²) in [5, 5.41) is 12.8. The number of hydrogen-bond donors (Lipinski definition) is 2. The molecule has 6 heteroatoms. The van der Waals surface area contributed by atoms with Crippen LogP contribution in [0.5, 0.6) is 0 Å². The molecule has 0 saturated carbocycles. The summed E-state index contributed by atoms with van der Waals surface area (Å²) in [6.45, 7) is 1.74. The molecule has 4 nitrogen and oxygen atoms in total. The van der Waals surface area contributed by atoms with Gasteiger partial charge in [-0.3, -0.25) is 0 Å². The van der Waals surface area contributed by atoms with Crippen molar-refractivity contribution in [3.8, 4) is 10.6 Å². The summed E-state index contributed by atoms with van der Waals surface area (Å²) in [6, 6.07) is 13.5. The quantitative estimate of drug-likeness (QED) is 0.689. The monoisotopic (exact) mass is 375 g/mol. The Morgan fingerprint density at radius 1 is 1.23 bits per heavy atom. The standard InChI is InChI=1S/C16H14BrN3OS/c1-10(21)11-3-2-4-12(9-11)19-16-18-8-7-13(20-16)14-5-6-15(17)22-14/h2-10,21H,1H3,(H,18,19,20). The maximum Gasteiger partial charge on any atom is 0.227 e. The van der Waals surface area contributed by atoms with Crippen molar-refractivity contribution in [3.63, 3.8) is 0 Å². The molecule has 0 aliphatic heterocycles. The Bertz CT molecular complexity index is 788. The molecular formula is C16H14BrN3OS. The van der Waals surface area contributed by atoms with Crippen molar-refractivity contribution in [3.05, 3.63) is 58.0 Å². The minimum absolute atomic E-state index is 0.502. The third-order valence-corrected chi connectivity index (χ3v) is 4.75. The fourth-order valence-electron chi connectivity index (χ4n) is 2.01. The molecule has 2 aromatic heterocycles. The van der Waals surface area contributed by atoms with Gasteiger partial charge in [0.05, 0.1) is 20.5 Å². The van der Waals surface area contributed by atoms with Crippen LogP contribution in [0.1, 0.15) is 18.6 Å². The molecule has 0 saturated heterocycles. The molecule has 1 aromatic carbocycles. The first-order chi connectivity index (χ1) is 10.6. The lowest BCUT2D eigenvalue weighted by atomic mass is 10.1. The number of thiophene rings is 1. The molecule has 0 aliphatic rings. The topological polar surface area (TPSA) is 58.0 Å². The van der Waals surface area contributed by atoms with Crippen LogP contribution >= 0.6 is 27.3 Å². The second-order valence-electron chi connectivity index (χ2n) is 4.80. The Balaban J connectivity index is 1.85. The van der Waals surface area contributed by atoms with Gasteiger partial charge < -0.3 is 10.4 Å². The van der Waals surface area contributed by atoms with Gasteiger partial charge in [-0.25, -0.2) is 9.97 Å². The minimum atomic E-state index is -0.502. The molecule has 2 heterocycles. The molecule has 0 bridgehead atoms. The molecule has 0 spiro atoms. The lowest BCUT2D eigenvalue weighted by Gasteiger charge is -2.09. The van der Waals surface area contributed by atoms with E-state index in [1.807, 2.05) is 42.5 Å². The summed E-state index contributed by atoms with van der Waals surface area (Å²) in [6.07, 6.45) is 1.23. The van der Waals surface area contributed by atoms with Crippen molar-refractivity contribution in [2.45, 2.75) is 13.0 Å². The van der Waals surface area contributed by atoms with Crippen molar-refractivity contribution < 1.29 is 5.11 Å². The van der Waals surface area contributed by atoms with Gasteiger partial charge in [-0.15, -0.1) is 11.3 Å². The van der Waals surface area contributed by atoms with Crippen molar-refractivity contribution in [2.24, 2.45) is 0 Å². The highest BCUT2D eigenvalue weighted by Gasteiger charge is 2.06. The maximum atomic E-state index is 9.65. The zero-order valence-electron chi connectivity index (χ0n) is 11.8. The lowest BCUT2D eigenvalue weighted by Crippen LogP contribution is -1.99. The van der Waals surface area contributed by atoms with Crippen LogP contribution < -0.4 is 5.32 Å². The van der Waals surface area contributed by atoms with E-state index in [0.717, 1.165) is 25.6 Å². The predicted octanol–water partition coefficient (Wildman–Crippen LogP) is 4.76. The molecule has 2 N–H and O–H groups in total. The molecule has 3 rings (SSSR count). The first-order valence-corrected chi connectivity index (χ1v) is 8.36. The number of nitrogens with one attached hydrogen (secondary N) is 1. The van der Waals surface area contributed by atoms with E-state index in [1.54, 1.807) is 24.5 Å². The molecule has 0 aliphatic carbocycles. The lowest BCUT2D eigenvalue weighted by molar-refractivity contribution is 0.199. The van der Waals surface area contributed by atoms with Crippen LogP contribution in [0.3, 0.4) is 0 Å². The smallest absolute Gasteiger partial charge is 0.227 e. The van der Waals surface area contributed by atoms with Crippen LogP contribution in [0, 0.1) is 0 Å². The van der Waals surface area contributed by atoms with Crippen LogP contribution in [0.15, 0.2) is 52.4 Å². The van der Waals surface area contributed by atoms with E-state index in [2.05, 4.69) is 31.2 Å². The van der Waals surface area contributed by atoms with E-state index in [1.165, 1.54) is 0 Å². The van der Waals surface area contributed by atoms with Crippen LogP contribution in [-0.2, 0) is 0 Å². The van der Waals surface area contributed by atoms with Gasteiger partial charge in [0, 0.05) is 11.9 Å². The normalized spacial score (nSPS) is 12.1. The molecular weight excluding hydrogens is 362 g/mol. The Hall–Kier alpha value is -1.76. The molecule has 3 aromatic rings. The molecule has 112 valence electrons. The van der Waals surface area contributed by atoms with Gasteiger partial charge >= 0.3 is 0 Å². The fraction of sp³-hybridized carbons (Fsp3) is 0.125. The van der Waals surface area contributed by atoms with Gasteiger partial charge in [-0.1, -0.05) is 12.1 Å². The number of benzene rings is 1. The largest absolute Gasteiger partial charge is 0.389 e. The highest BCUT2D eigenvalue weighted by molar-refractivity contribution is 9.11. The van der Waals surface area contributed by atoms with Gasteiger partial charge in [0.2, 0.25) is 5.95 Å². The average Bonchev–Trinajstić information content (AvgIpc) is 2.94. The van der Waals surface area contributed by atoms with E-state index < -0.39 is 6.10 Å². The van der Waals surface area contributed by atoms with E-state index in [-0.39, 0.29) is 0 Å². The third kappa shape index (κ3) is 3.52. The average molecular weight is 376 g/mol. The number of anilines is 2. The number of halogens is 1. The number of aliphatic hydroxyl groups excluding tert-OH is 1. The number of hydrogen-bond acceptors (Lipinski definition) is 5. The zero-order chi connectivity index (χ0) is 15.5. The van der Waals surface area contributed by atoms with Gasteiger partial charge in [-0.05, 0) is 58.7 Å². The molecule has 1 unspecified atom stereocenters. The number of rotatable bonds is 4. The number of aromatic nitrogens is 2. The maximum absolute atomic E-state index is 9.65. The van der Waals surface area contributed by atoms with Gasteiger partial charge in [0.25, 0.3) is 0 Å². The Morgan fingerprint density at radius 2 is 2.09 bits per heavy atom. The zero-order valence-corrected chi connectivity index (χ0v) is 14.2. The van der Waals surface area contributed by atoms with Gasteiger partial charge in [-0.2, -0.15) is 0 Å². The van der Waals surface area contributed by atoms with E-state index in [0.29, 0.717) is 5.95 Å². The van der Waals surface area contributed by atoms with Gasteiger partial charge in [0.15, 0.2) is 0 Å². The first kappa shape index (κ1) is 15.1. The first-order valence-electron chi connectivity index (χ1n) is 6.75. The molecule has 0 amide bonds. The van der Waals surface area contributed by atoms with Gasteiger partial charge in [0.1, 0.15) is 0 Å². The van der Waals surface area contributed by atoms with Crippen molar-refractivity contribution >= 4 is 38.9 Å². The van der Waals surface area contributed by atoms with E-state index in [4.69, 9.17) is 0 Å². The highest BCUT2D eigenvalue weighted by atomic mass is 79.9. The van der Waals surface area contributed by atoms with Crippen LogP contribution in [-0.4, -0.2) is 15.1 Å². The summed E-state index contributed by atoms with van der Waals surface area (Å²) < 4.78 is 1.07. The SMILES string of the molecule is CC(O)c1cccc(Nc2nccc(-c3ccc(Br)s3)n2)c1. The third-order valence-electron chi connectivity index (χ3n) is 3.11. The van der Waals surface area contributed by atoms with Crippen molar-refractivity contribution in [2.75, 3.05) is 5.32 Å². The number of aliphatic hydroxyl groups is 1. The fourth-order valence-corrected chi connectivity index (χ4v) is 3.37. The van der Waals surface area contributed by atoms with Crippen LogP contribution in [0.2, 0.25) is 0 Å². The summed E-state index contributed by atoms with van der Waals surface area (Å²) >= 11 is 5.09. The second-order valence-corrected chi connectivity index (χ2v) is 7.26. The molecule has 0 radical (unpaired) electrons. The van der Waals surface area contributed by atoms with Crippen LogP contribution in [0.4, 0.5) is 11.6 Å².